The van der Waals surface area contributed by atoms with Crippen LogP contribution in [0.5, 0.6) is 0 Å². The van der Waals surface area contributed by atoms with E-state index in [1.54, 1.807) is 13.1 Å². The number of nitrogens with one attached hydrogen (secondary N) is 1. The summed E-state index contributed by atoms with van der Waals surface area (Å²) in [6.07, 6.45) is 3.16. The molecule has 0 fully saturated rings. The Labute approximate surface area is 87.4 Å². The molecule has 0 spiro atoms. The summed E-state index contributed by atoms with van der Waals surface area (Å²) in [4.78, 5) is 25.2. The van der Waals surface area contributed by atoms with Crippen molar-refractivity contribution in [1.29, 1.82) is 0 Å². The molecule has 5 nitrogen and oxygen atoms in total. The molecule has 1 aromatic rings. The van der Waals surface area contributed by atoms with Gasteiger partial charge in [-0.2, -0.15) is 0 Å². The third-order valence-corrected chi connectivity index (χ3v) is 1.89. The minimum atomic E-state index is -0.433. The molecule has 0 bridgehead atoms. The summed E-state index contributed by atoms with van der Waals surface area (Å²) in [5, 5.41) is 0. The SMILES string of the molecule is CCOC(=O)c1c[nH]cc1CC(=O)OC. The van der Waals surface area contributed by atoms with Gasteiger partial charge in [0.1, 0.15) is 0 Å². The van der Waals surface area contributed by atoms with Crippen molar-refractivity contribution in [3.63, 3.8) is 0 Å². The number of hydrogen-bond acceptors (Lipinski definition) is 4. The van der Waals surface area contributed by atoms with Gasteiger partial charge in [-0.3, -0.25) is 4.79 Å². The van der Waals surface area contributed by atoms with Crippen molar-refractivity contribution in [2.75, 3.05) is 13.7 Å². The largest absolute Gasteiger partial charge is 0.469 e. The van der Waals surface area contributed by atoms with E-state index in [0.717, 1.165) is 0 Å². The zero-order valence-corrected chi connectivity index (χ0v) is 8.70. The lowest BCUT2D eigenvalue weighted by Crippen LogP contribution is -2.10. The van der Waals surface area contributed by atoms with Gasteiger partial charge in [0.05, 0.1) is 25.7 Å². The highest BCUT2D eigenvalue weighted by Gasteiger charge is 2.15. The van der Waals surface area contributed by atoms with Crippen LogP contribution in [0.25, 0.3) is 0 Å². The van der Waals surface area contributed by atoms with Crippen molar-refractivity contribution in [3.05, 3.63) is 23.5 Å². The number of esters is 2. The molecule has 0 unspecified atom stereocenters. The average Bonchev–Trinajstić information content (AvgIpc) is 2.66. The highest BCUT2D eigenvalue weighted by molar-refractivity contribution is 5.92. The zero-order valence-electron chi connectivity index (χ0n) is 8.70. The third kappa shape index (κ3) is 2.83. The van der Waals surface area contributed by atoms with Crippen LogP contribution in [0.15, 0.2) is 12.4 Å². The van der Waals surface area contributed by atoms with E-state index in [4.69, 9.17) is 4.74 Å². The predicted molar refractivity (Wildman–Crippen MR) is 52.5 cm³/mol. The molecule has 0 amide bonds. The Morgan fingerprint density at radius 1 is 1.40 bits per heavy atom. The standard InChI is InChI=1S/C10H13NO4/c1-3-15-10(13)8-6-11-5-7(8)4-9(12)14-2/h5-6,11H,3-4H2,1-2H3. The molecule has 1 heterocycles. The van der Waals surface area contributed by atoms with Crippen LogP contribution in [0.2, 0.25) is 0 Å². The van der Waals surface area contributed by atoms with E-state index >= 15 is 0 Å². The molecule has 0 aliphatic rings. The van der Waals surface area contributed by atoms with E-state index in [1.165, 1.54) is 13.3 Å². The van der Waals surface area contributed by atoms with Gasteiger partial charge in [0.15, 0.2) is 0 Å². The van der Waals surface area contributed by atoms with Crippen LogP contribution >= 0.6 is 0 Å². The topological polar surface area (TPSA) is 68.4 Å². The minimum absolute atomic E-state index is 0.0636. The summed E-state index contributed by atoms with van der Waals surface area (Å²) in [6, 6.07) is 0. The minimum Gasteiger partial charge on any atom is -0.469 e. The summed E-state index contributed by atoms with van der Waals surface area (Å²) in [5.41, 5.74) is 0.961. The number of carbonyl (C=O) groups excluding carboxylic acids is 2. The third-order valence-electron chi connectivity index (χ3n) is 1.89. The number of rotatable bonds is 4. The summed E-state index contributed by atoms with van der Waals surface area (Å²) in [7, 11) is 1.30. The smallest absolute Gasteiger partial charge is 0.339 e. The Bertz CT molecular complexity index is 356. The van der Waals surface area contributed by atoms with Gasteiger partial charge in [-0.05, 0) is 12.5 Å². The number of aromatic amines is 1. The van der Waals surface area contributed by atoms with E-state index in [0.29, 0.717) is 17.7 Å². The van der Waals surface area contributed by atoms with E-state index in [9.17, 15) is 9.59 Å². The number of carbonyl (C=O) groups is 2. The molecule has 1 N–H and O–H groups in total. The first kappa shape index (κ1) is 11.3. The fourth-order valence-electron chi connectivity index (χ4n) is 1.17. The number of H-pyrrole nitrogens is 1. The molecule has 1 aromatic heterocycles. The molecular formula is C10H13NO4. The first-order valence-electron chi connectivity index (χ1n) is 4.58. The van der Waals surface area contributed by atoms with Crippen LogP contribution in [0.4, 0.5) is 0 Å². The quantitative estimate of drug-likeness (QED) is 0.751. The summed E-state index contributed by atoms with van der Waals surface area (Å²) < 4.78 is 9.34. The number of hydrogen-bond donors (Lipinski definition) is 1. The molecule has 1 rings (SSSR count). The summed E-state index contributed by atoms with van der Waals surface area (Å²) in [6.45, 7) is 2.03. The molecule has 0 saturated carbocycles. The van der Waals surface area contributed by atoms with Crippen LogP contribution in [-0.2, 0) is 20.7 Å². The molecular weight excluding hydrogens is 198 g/mol. The second kappa shape index (κ2) is 5.19. The first-order valence-corrected chi connectivity index (χ1v) is 4.58. The summed E-state index contributed by atoms with van der Waals surface area (Å²) in [5.74, 6) is -0.821. The first-order chi connectivity index (χ1) is 7.19. The van der Waals surface area contributed by atoms with Crippen molar-refractivity contribution in [2.24, 2.45) is 0 Å². The lowest BCUT2D eigenvalue weighted by molar-refractivity contribution is -0.139. The molecule has 82 valence electrons. The second-order valence-electron chi connectivity index (χ2n) is 2.87. The molecule has 0 aromatic carbocycles. The molecule has 0 aliphatic carbocycles. The Balaban J connectivity index is 2.77. The fourth-order valence-corrected chi connectivity index (χ4v) is 1.17. The normalized spacial score (nSPS) is 9.73. The Morgan fingerprint density at radius 2 is 2.13 bits per heavy atom. The number of methoxy groups -OCH3 is 1. The lowest BCUT2D eigenvalue weighted by Gasteiger charge is -2.02. The Kier molecular flexibility index (Phi) is 3.91. The van der Waals surface area contributed by atoms with Gasteiger partial charge in [0, 0.05) is 12.4 Å². The maximum atomic E-state index is 11.4. The van der Waals surface area contributed by atoms with Crippen LogP contribution in [-0.4, -0.2) is 30.6 Å². The molecule has 0 atom stereocenters. The number of aromatic nitrogens is 1. The van der Waals surface area contributed by atoms with Crippen LogP contribution in [0.1, 0.15) is 22.8 Å². The van der Waals surface area contributed by atoms with Crippen molar-refractivity contribution in [2.45, 2.75) is 13.3 Å². The average molecular weight is 211 g/mol. The van der Waals surface area contributed by atoms with E-state index in [2.05, 4.69) is 9.72 Å². The van der Waals surface area contributed by atoms with Gasteiger partial charge in [-0.1, -0.05) is 0 Å². The van der Waals surface area contributed by atoms with Gasteiger partial charge in [0.2, 0.25) is 0 Å². The molecule has 0 aliphatic heterocycles. The van der Waals surface area contributed by atoms with Crippen molar-refractivity contribution in [3.8, 4) is 0 Å². The zero-order chi connectivity index (χ0) is 11.3. The maximum Gasteiger partial charge on any atom is 0.339 e. The van der Waals surface area contributed by atoms with Crippen molar-refractivity contribution in [1.82, 2.24) is 4.98 Å². The van der Waals surface area contributed by atoms with Gasteiger partial charge in [-0.25, -0.2) is 4.79 Å². The van der Waals surface area contributed by atoms with Crippen LogP contribution in [0.3, 0.4) is 0 Å². The molecule has 0 saturated heterocycles. The highest BCUT2D eigenvalue weighted by Crippen LogP contribution is 2.10. The van der Waals surface area contributed by atoms with Gasteiger partial charge in [-0.15, -0.1) is 0 Å². The Morgan fingerprint density at radius 3 is 2.73 bits per heavy atom. The molecule has 0 radical (unpaired) electrons. The fraction of sp³-hybridized carbons (Fsp3) is 0.400. The van der Waals surface area contributed by atoms with Gasteiger partial charge in [0.25, 0.3) is 0 Å². The monoisotopic (exact) mass is 211 g/mol. The molecule has 15 heavy (non-hydrogen) atoms. The van der Waals surface area contributed by atoms with Crippen LogP contribution in [0, 0.1) is 0 Å². The number of ether oxygens (including phenoxy) is 2. The highest BCUT2D eigenvalue weighted by atomic mass is 16.5. The van der Waals surface area contributed by atoms with Crippen molar-refractivity contribution >= 4 is 11.9 Å². The van der Waals surface area contributed by atoms with Gasteiger partial charge < -0.3 is 14.5 Å². The lowest BCUT2D eigenvalue weighted by atomic mass is 10.1. The van der Waals surface area contributed by atoms with Crippen molar-refractivity contribution < 1.29 is 19.1 Å². The second-order valence-corrected chi connectivity index (χ2v) is 2.87. The van der Waals surface area contributed by atoms with E-state index in [-0.39, 0.29) is 12.4 Å². The maximum absolute atomic E-state index is 11.4. The summed E-state index contributed by atoms with van der Waals surface area (Å²) >= 11 is 0. The molecule has 5 heteroatoms. The Hall–Kier alpha value is -1.78. The van der Waals surface area contributed by atoms with Crippen LogP contribution < -0.4 is 0 Å². The predicted octanol–water partition coefficient (Wildman–Crippen LogP) is 0.907. The van der Waals surface area contributed by atoms with E-state index < -0.39 is 5.97 Å². The van der Waals surface area contributed by atoms with E-state index in [1.807, 2.05) is 0 Å². The van der Waals surface area contributed by atoms with Gasteiger partial charge >= 0.3 is 11.9 Å².